The van der Waals surface area contributed by atoms with E-state index in [0.717, 1.165) is 32.9 Å². The molecule has 1 radical (unpaired) electrons. The predicted molar refractivity (Wildman–Crippen MR) is 138 cm³/mol. The van der Waals surface area contributed by atoms with Crippen LogP contribution in [0.4, 0.5) is 0 Å². The number of H-pyrrole nitrogens is 2. The number of carbonyl (C=O) groups is 3. The monoisotopic (exact) mass is 502 g/mol. The van der Waals surface area contributed by atoms with Gasteiger partial charge in [0.1, 0.15) is 6.04 Å². The summed E-state index contributed by atoms with van der Waals surface area (Å²) in [5.74, 6) is -2.39. The Morgan fingerprint density at radius 3 is 2.00 bits per heavy atom. The Morgan fingerprint density at radius 1 is 0.865 bits per heavy atom. The molecule has 1 unspecified atom stereocenters. The summed E-state index contributed by atoms with van der Waals surface area (Å²) in [5.41, 5.74) is 9.60. The molecule has 2 aromatic carbocycles. The zero-order valence-corrected chi connectivity index (χ0v) is 20.0. The maximum absolute atomic E-state index is 13.0. The standard InChI is InChI=1S/C27H28N5O5/c28-21(12-17-14-30-23-8-4-2-6-20(17)23)26(36)32-24(9-10-25(34)35)27(37)31-18(15-33)11-16-13-29-22-7-3-1-5-19(16)22/h1-8,13-14,18,21,24,29-30H,9-12,28H2,(H,31,37)(H,32,36)(H,34,35)/t18-,21?,24-/m0/s1. The van der Waals surface area contributed by atoms with Crippen molar-refractivity contribution in [2.45, 2.75) is 43.8 Å². The van der Waals surface area contributed by atoms with Crippen molar-refractivity contribution < 1.29 is 24.3 Å². The first-order chi connectivity index (χ1) is 17.9. The van der Waals surface area contributed by atoms with Gasteiger partial charge in [-0.1, -0.05) is 36.4 Å². The van der Waals surface area contributed by atoms with E-state index in [9.17, 15) is 19.2 Å². The number of aromatic nitrogens is 2. The molecule has 2 amide bonds. The van der Waals surface area contributed by atoms with Crippen LogP contribution in [0.25, 0.3) is 21.8 Å². The first kappa shape index (κ1) is 25.6. The van der Waals surface area contributed by atoms with Gasteiger partial charge in [-0.25, -0.2) is 0 Å². The number of fused-ring (bicyclic) bond motifs is 2. The summed E-state index contributed by atoms with van der Waals surface area (Å²) in [6.07, 6.45) is 5.25. The lowest BCUT2D eigenvalue weighted by atomic mass is 10.0. The van der Waals surface area contributed by atoms with Crippen molar-refractivity contribution in [1.29, 1.82) is 0 Å². The molecule has 37 heavy (non-hydrogen) atoms. The summed E-state index contributed by atoms with van der Waals surface area (Å²) in [5, 5.41) is 16.1. The van der Waals surface area contributed by atoms with E-state index < -0.39 is 35.9 Å². The van der Waals surface area contributed by atoms with Crippen LogP contribution in [0.1, 0.15) is 24.0 Å². The van der Waals surface area contributed by atoms with E-state index in [1.807, 2.05) is 54.8 Å². The number of rotatable bonds is 12. The van der Waals surface area contributed by atoms with Gasteiger partial charge >= 0.3 is 5.97 Å². The summed E-state index contributed by atoms with van der Waals surface area (Å²) in [6, 6.07) is 12.0. The van der Waals surface area contributed by atoms with Gasteiger partial charge in [0.25, 0.3) is 0 Å². The molecule has 0 aliphatic heterocycles. The number of aromatic amines is 2. The first-order valence-corrected chi connectivity index (χ1v) is 11.9. The average molecular weight is 503 g/mol. The molecule has 10 heteroatoms. The first-order valence-electron chi connectivity index (χ1n) is 11.9. The van der Waals surface area contributed by atoms with E-state index in [-0.39, 0.29) is 25.7 Å². The van der Waals surface area contributed by atoms with Gasteiger partial charge in [-0.15, -0.1) is 0 Å². The molecule has 3 atom stereocenters. The zero-order chi connectivity index (χ0) is 26.4. The number of nitrogens with two attached hydrogens (primary N) is 1. The van der Waals surface area contributed by atoms with Crippen LogP contribution in [0.15, 0.2) is 60.9 Å². The number of carboxylic acids is 1. The third-order valence-corrected chi connectivity index (χ3v) is 6.29. The van der Waals surface area contributed by atoms with E-state index in [2.05, 4.69) is 20.6 Å². The third-order valence-electron chi connectivity index (χ3n) is 6.29. The van der Waals surface area contributed by atoms with Gasteiger partial charge in [0.2, 0.25) is 18.1 Å². The smallest absolute Gasteiger partial charge is 0.303 e. The summed E-state index contributed by atoms with van der Waals surface area (Å²) in [4.78, 5) is 54.9. The van der Waals surface area contributed by atoms with E-state index in [4.69, 9.17) is 10.8 Å². The number of amides is 2. The molecule has 0 fully saturated rings. The molecular formula is C27H28N5O5. The average Bonchev–Trinajstić information content (AvgIpc) is 3.50. The Kier molecular flexibility index (Phi) is 7.99. The highest BCUT2D eigenvalue weighted by Gasteiger charge is 2.27. The summed E-state index contributed by atoms with van der Waals surface area (Å²) < 4.78 is 0. The lowest BCUT2D eigenvalue weighted by Crippen LogP contribution is -2.54. The largest absolute Gasteiger partial charge is 0.481 e. The Hall–Kier alpha value is -4.44. The second-order valence-corrected chi connectivity index (χ2v) is 8.91. The molecule has 2 aromatic heterocycles. The number of hydrogen-bond acceptors (Lipinski definition) is 5. The normalized spacial score (nSPS) is 13.6. The second-order valence-electron chi connectivity index (χ2n) is 8.91. The number of aliphatic carboxylic acids is 1. The van der Waals surface area contributed by atoms with E-state index in [1.165, 1.54) is 0 Å². The molecule has 191 valence electrons. The Morgan fingerprint density at radius 2 is 1.43 bits per heavy atom. The summed E-state index contributed by atoms with van der Waals surface area (Å²) >= 11 is 0. The quantitative estimate of drug-likeness (QED) is 0.172. The lowest BCUT2D eigenvalue weighted by Gasteiger charge is -2.22. The fourth-order valence-electron chi connectivity index (χ4n) is 4.36. The number of benzene rings is 2. The van der Waals surface area contributed by atoms with Crippen molar-refractivity contribution in [3.8, 4) is 0 Å². The van der Waals surface area contributed by atoms with Crippen LogP contribution in [0, 0.1) is 0 Å². The van der Waals surface area contributed by atoms with Crippen molar-refractivity contribution in [3.05, 3.63) is 72.1 Å². The number of nitrogens with one attached hydrogen (secondary N) is 4. The Balaban J connectivity index is 1.42. The molecule has 0 aliphatic carbocycles. The van der Waals surface area contributed by atoms with Gasteiger partial charge < -0.3 is 31.4 Å². The molecule has 0 saturated heterocycles. The number of para-hydroxylation sites is 2. The molecule has 0 bridgehead atoms. The van der Waals surface area contributed by atoms with Gasteiger partial charge in [-0.3, -0.25) is 19.2 Å². The predicted octanol–water partition coefficient (Wildman–Crippen LogP) is 1.71. The summed E-state index contributed by atoms with van der Waals surface area (Å²) in [6.45, 7) is 0. The van der Waals surface area contributed by atoms with Crippen LogP contribution in [-0.4, -0.2) is 57.3 Å². The topological polar surface area (TPSA) is 170 Å². The summed E-state index contributed by atoms with van der Waals surface area (Å²) in [7, 11) is 0. The molecule has 4 rings (SSSR count). The van der Waals surface area contributed by atoms with Crippen molar-refractivity contribution >= 4 is 45.9 Å². The highest BCUT2D eigenvalue weighted by atomic mass is 16.4. The van der Waals surface area contributed by atoms with Gasteiger partial charge in [0, 0.05) is 47.0 Å². The molecular weight excluding hydrogens is 474 g/mol. The van der Waals surface area contributed by atoms with Crippen molar-refractivity contribution in [1.82, 2.24) is 20.6 Å². The zero-order valence-electron chi connectivity index (χ0n) is 20.0. The Bertz CT molecular complexity index is 1420. The van der Waals surface area contributed by atoms with Crippen LogP contribution in [0.5, 0.6) is 0 Å². The molecule has 0 aliphatic rings. The van der Waals surface area contributed by atoms with Crippen molar-refractivity contribution in [2.24, 2.45) is 5.73 Å². The van der Waals surface area contributed by atoms with Gasteiger partial charge in [0.05, 0.1) is 12.1 Å². The number of carbonyl (C=O) groups excluding carboxylic acids is 3. The molecule has 0 spiro atoms. The van der Waals surface area contributed by atoms with Gasteiger partial charge in [-0.05, 0) is 36.1 Å². The molecule has 4 aromatic rings. The number of hydrogen-bond donors (Lipinski definition) is 6. The van der Waals surface area contributed by atoms with Crippen LogP contribution in [0.3, 0.4) is 0 Å². The van der Waals surface area contributed by atoms with Crippen molar-refractivity contribution in [2.75, 3.05) is 0 Å². The lowest BCUT2D eigenvalue weighted by molar-refractivity contribution is -0.138. The Labute approximate surface area is 212 Å². The highest BCUT2D eigenvalue weighted by molar-refractivity contribution is 5.92. The van der Waals surface area contributed by atoms with Crippen LogP contribution >= 0.6 is 0 Å². The number of carboxylic acid groups (broad SMARTS) is 1. The van der Waals surface area contributed by atoms with Gasteiger partial charge in [-0.2, -0.15) is 0 Å². The molecule has 0 saturated carbocycles. The highest BCUT2D eigenvalue weighted by Crippen LogP contribution is 2.20. The van der Waals surface area contributed by atoms with Crippen molar-refractivity contribution in [3.63, 3.8) is 0 Å². The maximum atomic E-state index is 13.0. The second kappa shape index (κ2) is 11.5. The minimum Gasteiger partial charge on any atom is -0.481 e. The van der Waals surface area contributed by atoms with E-state index in [1.54, 1.807) is 12.4 Å². The third kappa shape index (κ3) is 6.22. The van der Waals surface area contributed by atoms with Crippen LogP contribution < -0.4 is 16.4 Å². The minimum atomic E-state index is -1.18. The van der Waals surface area contributed by atoms with Crippen LogP contribution in [0.2, 0.25) is 0 Å². The fourth-order valence-corrected chi connectivity index (χ4v) is 4.36. The van der Waals surface area contributed by atoms with Gasteiger partial charge in [0.15, 0.2) is 0 Å². The molecule has 7 N–H and O–H groups in total. The van der Waals surface area contributed by atoms with Crippen LogP contribution in [-0.2, 0) is 32.0 Å². The van der Waals surface area contributed by atoms with E-state index >= 15 is 0 Å². The van der Waals surface area contributed by atoms with E-state index in [0.29, 0.717) is 0 Å². The SMILES string of the molecule is NC(Cc1c[nH]c2ccccc12)C(=O)N[C@@H](CCC(=O)O)C(=O)N[C@H]([C]=O)Cc1c[nH]c2ccccc12. The molecule has 2 heterocycles. The minimum absolute atomic E-state index is 0.161. The maximum Gasteiger partial charge on any atom is 0.303 e. The fraction of sp³-hybridized carbons (Fsp3) is 0.259. The molecule has 10 nitrogen and oxygen atoms in total.